The number of hydrogen-bond acceptors (Lipinski definition) is 3. The van der Waals surface area contributed by atoms with E-state index < -0.39 is 0 Å². The Hall–Kier alpha value is -0.670. The highest BCUT2D eigenvalue weighted by molar-refractivity contribution is 7.98. The molecule has 1 aromatic carbocycles. The Bertz CT molecular complexity index is 309. The van der Waals surface area contributed by atoms with Gasteiger partial charge in [0.05, 0.1) is 0 Å². The molecule has 0 saturated heterocycles. The maximum atomic E-state index is 5.99. The zero-order valence-electron chi connectivity index (χ0n) is 11.1. The number of nitrogens with two attached hydrogens (primary N) is 1. The summed E-state index contributed by atoms with van der Waals surface area (Å²) in [5.41, 5.74) is 8.54. The van der Waals surface area contributed by atoms with Crippen LogP contribution >= 0.6 is 11.8 Å². The van der Waals surface area contributed by atoms with Crippen molar-refractivity contribution in [3.8, 4) is 0 Å². The summed E-state index contributed by atoms with van der Waals surface area (Å²) in [6.45, 7) is 7.32. The van der Waals surface area contributed by atoms with Crippen LogP contribution in [0.25, 0.3) is 0 Å². The lowest BCUT2D eigenvalue weighted by molar-refractivity contribution is 0.511. The smallest absolute Gasteiger partial charge is 0.0340 e. The molecule has 0 aliphatic heterocycles. The standard InChI is InChI=1S/C14H24N2S/c1-4-17-10-12-5-7-13(8-6-12)16-9-14(15)11(2)3/h5-8,11,14,16H,4,9-10,15H2,1-3H3. The van der Waals surface area contributed by atoms with E-state index in [2.05, 4.69) is 50.4 Å². The first-order valence-corrected chi connectivity index (χ1v) is 7.45. The lowest BCUT2D eigenvalue weighted by Crippen LogP contribution is -2.33. The van der Waals surface area contributed by atoms with Gasteiger partial charge in [-0.25, -0.2) is 0 Å². The van der Waals surface area contributed by atoms with Gasteiger partial charge in [0.15, 0.2) is 0 Å². The second kappa shape index (κ2) is 7.62. The molecule has 0 spiro atoms. The maximum absolute atomic E-state index is 5.99. The van der Waals surface area contributed by atoms with Gasteiger partial charge in [-0.1, -0.05) is 32.9 Å². The lowest BCUT2D eigenvalue weighted by atomic mass is 10.1. The Balaban J connectivity index is 2.40. The molecule has 1 rings (SSSR count). The quantitative estimate of drug-likeness (QED) is 0.781. The fourth-order valence-corrected chi connectivity index (χ4v) is 2.04. The lowest BCUT2D eigenvalue weighted by Gasteiger charge is -2.17. The monoisotopic (exact) mass is 252 g/mol. The Kier molecular flexibility index (Phi) is 6.45. The second-order valence-electron chi connectivity index (χ2n) is 4.62. The Labute approximate surface area is 109 Å². The molecule has 96 valence electrons. The average molecular weight is 252 g/mol. The molecular weight excluding hydrogens is 228 g/mol. The van der Waals surface area contributed by atoms with Crippen LogP contribution in [0.2, 0.25) is 0 Å². The van der Waals surface area contributed by atoms with Gasteiger partial charge in [0.2, 0.25) is 0 Å². The molecule has 0 amide bonds. The summed E-state index contributed by atoms with van der Waals surface area (Å²) < 4.78 is 0. The molecule has 3 N–H and O–H groups in total. The number of thioether (sulfide) groups is 1. The van der Waals surface area contributed by atoms with Crippen molar-refractivity contribution < 1.29 is 0 Å². The van der Waals surface area contributed by atoms with Crippen LogP contribution in [0, 0.1) is 5.92 Å². The summed E-state index contributed by atoms with van der Waals surface area (Å²) in [7, 11) is 0. The molecule has 0 fully saturated rings. The van der Waals surface area contributed by atoms with Gasteiger partial charge in [-0.05, 0) is 29.4 Å². The van der Waals surface area contributed by atoms with E-state index >= 15 is 0 Å². The van der Waals surface area contributed by atoms with Gasteiger partial charge in [0.25, 0.3) is 0 Å². The second-order valence-corrected chi connectivity index (χ2v) is 5.90. The zero-order valence-corrected chi connectivity index (χ0v) is 11.9. The number of nitrogens with one attached hydrogen (secondary N) is 1. The van der Waals surface area contributed by atoms with Crippen molar-refractivity contribution in [2.24, 2.45) is 11.7 Å². The predicted molar refractivity (Wildman–Crippen MR) is 79.6 cm³/mol. The molecule has 0 heterocycles. The van der Waals surface area contributed by atoms with Crippen LogP contribution in [0.3, 0.4) is 0 Å². The van der Waals surface area contributed by atoms with E-state index in [-0.39, 0.29) is 6.04 Å². The number of hydrogen-bond donors (Lipinski definition) is 2. The summed E-state index contributed by atoms with van der Waals surface area (Å²) >= 11 is 1.95. The summed E-state index contributed by atoms with van der Waals surface area (Å²) in [6, 6.07) is 8.86. The van der Waals surface area contributed by atoms with Crippen molar-refractivity contribution in [2.45, 2.75) is 32.6 Å². The van der Waals surface area contributed by atoms with E-state index in [0.29, 0.717) is 5.92 Å². The largest absolute Gasteiger partial charge is 0.383 e. The minimum atomic E-state index is 0.213. The maximum Gasteiger partial charge on any atom is 0.0340 e. The van der Waals surface area contributed by atoms with Crippen LogP contribution in [0.5, 0.6) is 0 Å². The summed E-state index contributed by atoms with van der Waals surface area (Å²) in [5.74, 6) is 2.79. The summed E-state index contributed by atoms with van der Waals surface area (Å²) in [4.78, 5) is 0. The van der Waals surface area contributed by atoms with Gasteiger partial charge in [-0.3, -0.25) is 0 Å². The molecule has 0 radical (unpaired) electrons. The van der Waals surface area contributed by atoms with Gasteiger partial charge in [-0.2, -0.15) is 11.8 Å². The van der Waals surface area contributed by atoms with Gasteiger partial charge < -0.3 is 11.1 Å². The predicted octanol–water partition coefficient (Wildman–Crippen LogP) is 3.33. The SMILES string of the molecule is CCSCc1ccc(NCC(N)C(C)C)cc1. The van der Waals surface area contributed by atoms with Gasteiger partial charge in [0.1, 0.15) is 0 Å². The fraction of sp³-hybridized carbons (Fsp3) is 0.571. The van der Waals surface area contributed by atoms with Gasteiger partial charge in [-0.15, -0.1) is 0 Å². The van der Waals surface area contributed by atoms with Crippen molar-refractivity contribution in [2.75, 3.05) is 17.6 Å². The Morgan fingerprint density at radius 3 is 2.41 bits per heavy atom. The van der Waals surface area contributed by atoms with Crippen molar-refractivity contribution >= 4 is 17.4 Å². The van der Waals surface area contributed by atoms with Crippen LogP contribution in [0.15, 0.2) is 24.3 Å². The number of anilines is 1. The molecule has 1 atom stereocenters. The molecule has 0 aromatic heterocycles. The molecule has 0 saturated carbocycles. The van der Waals surface area contributed by atoms with E-state index in [9.17, 15) is 0 Å². The first kappa shape index (κ1) is 14.4. The topological polar surface area (TPSA) is 38.0 Å². The molecule has 2 nitrogen and oxygen atoms in total. The molecule has 1 unspecified atom stereocenters. The van der Waals surface area contributed by atoms with E-state index in [1.54, 1.807) is 0 Å². The van der Waals surface area contributed by atoms with Crippen molar-refractivity contribution in [3.63, 3.8) is 0 Å². The number of benzene rings is 1. The highest BCUT2D eigenvalue weighted by Gasteiger charge is 2.06. The average Bonchev–Trinajstić information content (AvgIpc) is 2.34. The zero-order chi connectivity index (χ0) is 12.7. The van der Waals surface area contributed by atoms with E-state index in [1.807, 2.05) is 11.8 Å². The highest BCUT2D eigenvalue weighted by atomic mass is 32.2. The molecule has 3 heteroatoms. The van der Waals surface area contributed by atoms with E-state index in [0.717, 1.165) is 18.0 Å². The van der Waals surface area contributed by atoms with Crippen LogP contribution in [0.1, 0.15) is 26.3 Å². The first-order chi connectivity index (χ1) is 8.13. The molecule has 0 bridgehead atoms. The van der Waals surface area contributed by atoms with Gasteiger partial charge >= 0.3 is 0 Å². The summed E-state index contributed by atoms with van der Waals surface area (Å²) in [6.07, 6.45) is 0. The van der Waals surface area contributed by atoms with Crippen LogP contribution in [-0.2, 0) is 5.75 Å². The van der Waals surface area contributed by atoms with Crippen LogP contribution < -0.4 is 11.1 Å². The van der Waals surface area contributed by atoms with Crippen molar-refractivity contribution in [1.29, 1.82) is 0 Å². The van der Waals surface area contributed by atoms with Crippen molar-refractivity contribution in [1.82, 2.24) is 0 Å². The fourth-order valence-electron chi connectivity index (χ4n) is 1.41. The van der Waals surface area contributed by atoms with Crippen LogP contribution in [0.4, 0.5) is 5.69 Å². The molecule has 0 aliphatic carbocycles. The Morgan fingerprint density at radius 2 is 1.88 bits per heavy atom. The normalized spacial score (nSPS) is 12.8. The number of rotatable bonds is 7. The van der Waals surface area contributed by atoms with E-state index in [4.69, 9.17) is 5.73 Å². The minimum absolute atomic E-state index is 0.213. The molecule has 0 aliphatic rings. The summed E-state index contributed by atoms with van der Waals surface area (Å²) in [5, 5.41) is 3.38. The third-order valence-corrected chi connectivity index (χ3v) is 3.77. The Morgan fingerprint density at radius 1 is 1.24 bits per heavy atom. The van der Waals surface area contributed by atoms with E-state index in [1.165, 1.54) is 11.3 Å². The third-order valence-electron chi connectivity index (χ3n) is 2.82. The molecular formula is C14H24N2S. The van der Waals surface area contributed by atoms with Gasteiger partial charge in [0, 0.05) is 24.0 Å². The molecule has 1 aromatic rings. The van der Waals surface area contributed by atoms with Crippen molar-refractivity contribution in [3.05, 3.63) is 29.8 Å². The molecule has 17 heavy (non-hydrogen) atoms. The van der Waals surface area contributed by atoms with Crippen LogP contribution in [-0.4, -0.2) is 18.3 Å². The third kappa shape index (κ3) is 5.46. The first-order valence-electron chi connectivity index (χ1n) is 6.29. The minimum Gasteiger partial charge on any atom is -0.383 e. The highest BCUT2D eigenvalue weighted by Crippen LogP contribution is 2.15.